The number of allylic oxidation sites excluding steroid dienone is 1. The predicted molar refractivity (Wildman–Crippen MR) is 115 cm³/mol. The summed E-state index contributed by atoms with van der Waals surface area (Å²) in [6.45, 7) is 2.28. The SMILES string of the molecule is COc1cc(/C=C(/C#N)c2ccc(C)cc2)ccc1OCc1ccc(C(=O)O)cc1. The maximum absolute atomic E-state index is 10.9. The largest absolute Gasteiger partial charge is 0.493 e. The number of hydrogen-bond acceptors (Lipinski definition) is 4. The summed E-state index contributed by atoms with van der Waals surface area (Å²) < 4.78 is 11.3. The van der Waals surface area contributed by atoms with Gasteiger partial charge >= 0.3 is 5.97 Å². The Morgan fingerprint density at radius 1 is 1.00 bits per heavy atom. The van der Waals surface area contributed by atoms with Gasteiger partial charge in [-0.25, -0.2) is 4.79 Å². The minimum Gasteiger partial charge on any atom is -0.493 e. The third kappa shape index (κ3) is 5.06. The van der Waals surface area contributed by atoms with Crippen LogP contribution in [-0.2, 0) is 6.61 Å². The van der Waals surface area contributed by atoms with Crippen LogP contribution in [0.5, 0.6) is 11.5 Å². The molecule has 3 rings (SSSR count). The van der Waals surface area contributed by atoms with Crippen molar-refractivity contribution < 1.29 is 19.4 Å². The standard InChI is InChI=1S/C25H21NO4/c1-17-3-8-20(9-4-17)22(15-26)13-19-7-12-23(24(14-19)29-2)30-16-18-5-10-21(11-6-18)25(27)28/h3-14H,16H2,1-2H3,(H,27,28)/b22-13-. The number of nitriles is 1. The average molecular weight is 399 g/mol. The van der Waals surface area contributed by atoms with Crippen LogP contribution < -0.4 is 9.47 Å². The Labute approximate surface area is 175 Å². The van der Waals surface area contributed by atoms with E-state index in [-0.39, 0.29) is 12.2 Å². The van der Waals surface area contributed by atoms with Crippen LogP contribution in [0.3, 0.4) is 0 Å². The van der Waals surface area contributed by atoms with Crippen molar-refractivity contribution in [2.75, 3.05) is 7.11 Å². The van der Waals surface area contributed by atoms with Gasteiger partial charge in [-0.1, -0.05) is 48.0 Å². The lowest BCUT2D eigenvalue weighted by Crippen LogP contribution is -2.00. The van der Waals surface area contributed by atoms with Crippen LogP contribution in [0.2, 0.25) is 0 Å². The molecule has 0 aliphatic rings. The van der Waals surface area contributed by atoms with Gasteiger partial charge in [0.1, 0.15) is 6.61 Å². The van der Waals surface area contributed by atoms with Crippen LogP contribution in [0, 0.1) is 18.3 Å². The van der Waals surface area contributed by atoms with Gasteiger partial charge in [-0.2, -0.15) is 5.26 Å². The topological polar surface area (TPSA) is 79.5 Å². The molecule has 5 nitrogen and oxygen atoms in total. The molecular weight excluding hydrogens is 378 g/mol. The van der Waals surface area contributed by atoms with Crippen molar-refractivity contribution >= 4 is 17.6 Å². The number of aryl methyl sites for hydroxylation is 1. The number of carboxylic acid groups (broad SMARTS) is 1. The molecule has 0 radical (unpaired) electrons. The summed E-state index contributed by atoms with van der Waals surface area (Å²) in [7, 11) is 1.56. The van der Waals surface area contributed by atoms with Crippen molar-refractivity contribution in [3.8, 4) is 17.6 Å². The van der Waals surface area contributed by atoms with Crippen LogP contribution in [0.25, 0.3) is 11.6 Å². The zero-order chi connectivity index (χ0) is 21.5. The Balaban J connectivity index is 1.78. The zero-order valence-electron chi connectivity index (χ0n) is 16.8. The van der Waals surface area contributed by atoms with Crippen molar-refractivity contribution in [1.82, 2.24) is 0 Å². The van der Waals surface area contributed by atoms with E-state index in [0.717, 1.165) is 22.3 Å². The van der Waals surface area contributed by atoms with E-state index < -0.39 is 5.97 Å². The van der Waals surface area contributed by atoms with Gasteiger partial charge in [0.15, 0.2) is 11.5 Å². The lowest BCUT2D eigenvalue weighted by molar-refractivity contribution is 0.0697. The molecule has 0 bridgehead atoms. The van der Waals surface area contributed by atoms with E-state index in [1.165, 1.54) is 0 Å². The first-order valence-corrected chi connectivity index (χ1v) is 9.32. The minimum absolute atomic E-state index is 0.231. The van der Waals surface area contributed by atoms with Crippen LogP contribution >= 0.6 is 0 Å². The number of rotatable bonds is 7. The molecule has 30 heavy (non-hydrogen) atoms. The third-order valence-corrected chi connectivity index (χ3v) is 4.58. The summed E-state index contributed by atoms with van der Waals surface area (Å²) in [5, 5.41) is 18.5. The summed E-state index contributed by atoms with van der Waals surface area (Å²) in [6, 6.07) is 22.0. The highest BCUT2D eigenvalue weighted by atomic mass is 16.5. The molecule has 150 valence electrons. The number of ether oxygens (including phenoxy) is 2. The van der Waals surface area contributed by atoms with E-state index in [4.69, 9.17) is 14.6 Å². The summed E-state index contributed by atoms with van der Waals surface area (Å²) in [5.41, 5.74) is 4.45. The highest BCUT2D eigenvalue weighted by Gasteiger charge is 2.08. The summed E-state index contributed by atoms with van der Waals surface area (Å²) in [6.07, 6.45) is 1.81. The summed E-state index contributed by atoms with van der Waals surface area (Å²) in [5.74, 6) is 0.146. The van der Waals surface area contributed by atoms with E-state index in [9.17, 15) is 10.1 Å². The molecule has 0 amide bonds. The lowest BCUT2D eigenvalue weighted by atomic mass is 10.0. The number of benzene rings is 3. The number of hydrogen-bond donors (Lipinski definition) is 1. The van der Waals surface area contributed by atoms with E-state index in [1.807, 2.05) is 49.4 Å². The van der Waals surface area contributed by atoms with Crippen LogP contribution in [-0.4, -0.2) is 18.2 Å². The van der Waals surface area contributed by atoms with Crippen LogP contribution in [0.4, 0.5) is 0 Å². The fourth-order valence-corrected chi connectivity index (χ4v) is 2.88. The van der Waals surface area contributed by atoms with Crippen LogP contribution in [0.15, 0.2) is 66.7 Å². The van der Waals surface area contributed by atoms with Crippen molar-refractivity contribution in [3.05, 3.63) is 94.5 Å². The highest BCUT2D eigenvalue weighted by molar-refractivity contribution is 5.90. The van der Waals surface area contributed by atoms with Gasteiger partial charge in [-0.15, -0.1) is 0 Å². The molecule has 0 aliphatic heterocycles. The van der Waals surface area contributed by atoms with E-state index >= 15 is 0 Å². The van der Waals surface area contributed by atoms with E-state index in [0.29, 0.717) is 17.1 Å². The molecule has 0 fully saturated rings. The molecule has 0 unspecified atom stereocenters. The predicted octanol–water partition coefficient (Wildman–Crippen LogP) is 5.35. The number of nitrogens with zero attached hydrogens (tertiary/aromatic N) is 1. The Morgan fingerprint density at radius 2 is 1.67 bits per heavy atom. The molecule has 0 aliphatic carbocycles. The second-order valence-corrected chi connectivity index (χ2v) is 6.74. The lowest BCUT2D eigenvalue weighted by Gasteiger charge is -2.12. The summed E-state index contributed by atoms with van der Waals surface area (Å²) in [4.78, 5) is 10.9. The van der Waals surface area contributed by atoms with Gasteiger partial charge in [0.05, 0.1) is 24.3 Å². The van der Waals surface area contributed by atoms with Crippen LogP contribution in [0.1, 0.15) is 32.6 Å². The second kappa shape index (κ2) is 9.44. The number of aromatic carboxylic acids is 1. The fraction of sp³-hybridized carbons (Fsp3) is 0.120. The molecule has 5 heteroatoms. The van der Waals surface area contributed by atoms with Gasteiger partial charge in [-0.3, -0.25) is 0 Å². The Bertz CT molecular complexity index is 1110. The molecule has 1 N–H and O–H groups in total. The summed E-state index contributed by atoms with van der Waals surface area (Å²) >= 11 is 0. The quantitative estimate of drug-likeness (QED) is 0.428. The van der Waals surface area contributed by atoms with Crippen molar-refractivity contribution in [2.45, 2.75) is 13.5 Å². The van der Waals surface area contributed by atoms with Gasteiger partial charge in [-0.05, 0) is 54.0 Å². The van der Waals surface area contributed by atoms with Gasteiger partial charge in [0.2, 0.25) is 0 Å². The zero-order valence-corrected chi connectivity index (χ0v) is 16.8. The van der Waals surface area contributed by atoms with E-state index in [1.54, 1.807) is 37.4 Å². The molecule has 0 heterocycles. The number of methoxy groups -OCH3 is 1. The normalized spacial score (nSPS) is 10.9. The highest BCUT2D eigenvalue weighted by Crippen LogP contribution is 2.30. The fourth-order valence-electron chi connectivity index (χ4n) is 2.88. The molecule has 3 aromatic carbocycles. The van der Waals surface area contributed by atoms with Gasteiger partial charge in [0, 0.05) is 0 Å². The smallest absolute Gasteiger partial charge is 0.335 e. The first-order valence-electron chi connectivity index (χ1n) is 9.32. The monoisotopic (exact) mass is 399 g/mol. The molecule has 0 spiro atoms. The Kier molecular flexibility index (Phi) is 6.51. The van der Waals surface area contributed by atoms with Gasteiger partial charge < -0.3 is 14.6 Å². The molecule has 0 saturated carbocycles. The Morgan fingerprint density at radius 3 is 2.27 bits per heavy atom. The van der Waals surface area contributed by atoms with E-state index in [2.05, 4.69) is 6.07 Å². The molecule has 0 saturated heterocycles. The first kappa shape index (κ1) is 20.7. The second-order valence-electron chi connectivity index (χ2n) is 6.74. The average Bonchev–Trinajstić information content (AvgIpc) is 2.77. The number of carboxylic acids is 1. The molecule has 0 atom stereocenters. The minimum atomic E-state index is -0.963. The first-order chi connectivity index (χ1) is 14.5. The van der Waals surface area contributed by atoms with Gasteiger partial charge in [0.25, 0.3) is 0 Å². The van der Waals surface area contributed by atoms with Crippen molar-refractivity contribution in [3.63, 3.8) is 0 Å². The molecule has 3 aromatic rings. The maximum Gasteiger partial charge on any atom is 0.335 e. The third-order valence-electron chi connectivity index (χ3n) is 4.58. The Hall–Kier alpha value is -4.04. The maximum atomic E-state index is 10.9. The number of carbonyl (C=O) groups is 1. The van der Waals surface area contributed by atoms with Crippen molar-refractivity contribution in [1.29, 1.82) is 5.26 Å². The molecular formula is C25H21NO4. The molecule has 0 aromatic heterocycles. The van der Waals surface area contributed by atoms with Crippen molar-refractivity contribution in [2.24, 2.45) is 0 Å².